The molecule has 0 unspecified atom stereocenters. The topological polar surface area (TPSA) is 35.2 Å². The van der Waals surface area contributed by atoms with Gasteiger partial charge in [-0.2, -0.15) is 0 Å². The van der Waals surface area contributed by atoms with E-state index >= 15 is 0 Å². The van der Waals surface area contributed by atoms with Crippen molar-refractivity contribution in [2.24, 2.45) is 0 Å². The first kappa shape index (κ1) is 13.9. The lowest BCUT2D eigenvalue weighted by atomic mass is 10.1. The van der Waals surface area contributed by atoms with Gasteiger partial charge in [0.2, 0.25) is 0 Å². The second kappa shape index (κ2) is 5.74. The molecule has 2 nitrogen and oxygen atoms in total. The molecular weight excluding hydrogens is 333 g/mol. The molecule has 0 radical (unpaired) electrons. The second-order valence-electron chi connectivity index (χ2n) is 4.79. The molecule has 0 heterocycles. The highest BCUT2D eigenvalue weighted by Crippen LogP contribution is 2.25. The zero-order valence-corrected chi connectivity index (χ0v) is 12.7. The SMILES string of the molecule is Nc1cc(F)ccc1COc1ccc2cc(Br)ccc2c1. The highest BCUT2D eigenvalue weighted by Gasteiger charge is 2.03. The van der Waals surface area contributed by atoms with Crippen LogP contribution >= 0.6 is 15.9 Å². The number of benzene rings is 3. The molecule has 0 fully saturated rings. The predicted octanol–water partition coefficient (Wildman–Crippen LogP) is 4.90. The third-order valence-corrected chi connectivity index (χ3v) is 3.77. The second-order valence-corrected chi connectivity index (χ2v) is 5.70. The van der Waals surface area contributed by atoms with Gasteiger partial charge in [0, 0.05) is 15.7 Å². The summed E-state index contributed by atoms with van der Waals surface area (Å²) in [4.78, 5) is 0. The zero-order chi connectivity index (χ0) is 14.8. The van der Waals surface area contributed by atoms with E-state index in [1.165, 1.54) is 12.1 Å². The van der Waals surface area contributed by atoms with Gasteiger partial charge in [-0.05, 0) is 47.2 Å². The van der Waals surface area contributed by atoms with Gasteiger partial charge < -0.3 is 10.5 Å². The minimum atomic E-state index is -0.340. The maximum absolute atomic E-state index is 13.0. The van der Waals surface area contributed by atoms with E-state index in [0.29, 0.717) is 12.3 Å². The Labute approximate surface area is 130 Å². The lowest BCUT2D eigenvalue weighted by Gasteiger charge is -2.09. The monoisotopic (exact) mass is 345 g/mol. The van der Waals surface area contributed by atoms with Crippen molar-refractivity contribution in [1.82, 2.24) is 0 Å². The fourth-order valence-corrected chi connectivity index (χ4v) is 2.52. The summed E-state index contributed by atoms with van der Waals surface area (Å²) in [7, 11) is 0. The van der Waals surface area contributed by atoms with Gasteiger partial charge in [0.25, 0.3) is 0 Å². The van der Waals surface area contributed by atoms with E-state index in [2.05, 4.69) is 22.0 Å². The van der Waals surface area contributed by atoms with Gasteiger partial charge in [-0.25, -0.2) is 4.39 Å². The number of halogens is 2. The number of rotatable bonds is 3. The van der Waals surface area contributed by atoms with Crippen molar-refractivity contribution >= 4 is 32.4 Å². The van der Waals surface area contributed by atoms with Crippen molar-refractivity contribution in [3.63, 3.8) is 0 Å². The number of nitrogens with two attached hydrogens (primary N) is 1. The van der Waals surface area contributed by atoms with Crippen LogP contribution in [0.5, 0.6) is 5.75 Å². The summed E-state index contributed by atoms with van der Waals surface area (Å²) in [5.74, 6) is 0.418. The first-order valence-corrected chi connectivity index (χ1v) is 7.27. The molecular formula is C17H13BrFNO. The number of ether oxygens (including phenoxy) is 1. The molecule has 2 N–H and O–H groups in total. The lowest BCUT2D eigenvalue weighted by Crippen LogP contribution is -2.00. The summed E-state index contributed by atoms with van der Waals surface area (Å²) in [5, 5.41) is 2.24. The van der Waals surface area contributed by atoms with Crippen LogP contribution in [-0.4, -0.2) is 0 Å². The Hall–Kier alpha value is -2.07. The van der Waals surface area contributed by atoms with Crippen LogP contribution in [0.15, 0.2) is 59.1 Å². The maximum Gasteiger partial charge on any atom is 0.125 e. The van der Waals surface area contributed by atoms with Crippen molar-refractivity contribution in [2.75, 3.05) is 5.73 Å². The lowest BCUT2D eigenvalue weighted by molar-refractivity contribution is 0.307. The fourth-order valence-electron chi connectivity index (χ4n) is 2.14. The average molecular weight is 346 g/mol. The summed E-state index contributed by atoms with van der Waals surface area (Å²) in [6, 6.07) is 16.3. The Morgan fingerprint density at radius 1 is 0.952 bits per heavy atom. The van der Waals surface area contributed by atoms with Crippen molar-refractivity contribution in [2.45, 2.75) is 6.61 Å². The summed E-state index contributed by atoms with van der Waals surface area (Å²) in [5.41, 5.74) is 6.94. The summed E-state index contributed by atoms with van der Waals surface area (Å²) in [6.07, 6.45) is 0. The van der Waals surface area contributed by atoms with Crippen LogP contribution in [0.4, 0.5) is 10.1 Å². The summed E-state index contributed by atoms with van der Waals surface area (Å²) in [6.45, 7) is 0.314. The third-order valence-electron chi connectivity index (χ3n) is 3.28. The maximum atomic E-state index is 13.0. The predicted molar refractivity (Wildman–Crippen MR) is 86.8 cm³/mol. The highest BCUT2D eigenvalue weighted by molar-refractivity contribution is 9.10. The first-order chi connectivity index (χ1) is 10.1. The Balaban J connectivity index is 1.80. The molecule has 0 atom stereocenters. The van der Waals surface area contributed by atoms with Gasteiger partial charge in [-0.3, -0.25) is 0 Å². The van der Waals surface area contributed by atoms with Gasteiger partial charge in [-0.15, -0.1) is 0 Å². The molecule has 0 aliphatic carbocycles. The van der Waals surface area contributed by atoms with Crippen LogP contribution in [0.1, 0.15) is 5.56 Å². The molecule has 4 heteroatoms. The van der Waals surface area contributed by atoms with E-state index < -0.39 is 0 Å². The Kier molecular flexibility index (Phi) is 3.80. The highest BCUT2D eigenvalue weighted by atomic mass is 79.9. The van der Waals surface area contributed by atoms with E-state index in [1.807, 2.05) is 30.3 Å². The first-order valence-electron chi connectivity index (χ1n) is 6.48. The Morgan fingerprint density at radius 2 is 1.71 bits per heavy atom. The van der Waals surface area contributed by atoms with Crippen LogP contribution in [0, 0.1) is 5.82 Å². The Morgan fingerprint density at radius 3 is 2.52 bits per heavy atom. The molecule has 3 aromatic rings. The number of hydrogen-bond acceptors (Lipinski definition) is 2. The normalized spacial score (nSPS) is 10.8. The molecule has 0 spiro atoms. The third kappa shape index (κ3) is 3.16. The van der Waals surface area contributed by atoms with Gasteiger partial charge in [0.1, 0.15) is 18.2 Å². The van der Waals surface area contributed by atoms with E-state index in [9.17, 15) is 4.39 Å². The molecule has 0 aliphatic heterocycles. The van der Waals surface area contributed by atoms with E-state index in [0.717, 1.165) is 26.6 Å². The quantitative estimate of drug-likeness (QED) is 0.685. The van der Waals surface area contributed by atoms with Crippen molar-refractivity contribution in [1.29, 1.82) is 0 Å². The molecule has 21 heavy (non-hydrogen) atoms. The molecule has 3 rings (SSSR count). The Bertz CT molecular complexity index is 804. The van der Waals surface area contributed by atoms with Crippen molar-refractivity contribution in [3.05, 3.63) is 70.5 Å². The van der Waals surface area contributed by atoms with Crippen LogP contribution in [0.2, 0.25) is 0 Å². The molecule has 0 saturated carbocycles. The van der Waals surface area contributed by atoms with Crippen LogP contribution in [0.3, 0.4) is 0 Å². The molecule has 3 aromatic carbocycles. The number of fused-ring (bicyclic) bond motifs is 1. The van der Waals surface area contributed by atoms with Crippen LogP contribution < -0.4 is 10.5 Å². The average Bonchev–Trinajstić information content (AvgIpc) is 2.46. The van der Waals surface area contributed by atoms with Crippen LogP contribution in [0.25, 0.3) is 10.8 Å². The molecule has 0 aliphatic rings. The van der Waals surface area contributed by atoms with E-state index in [-0.39, 0.29) is 5.82 Å². The van der Waals surface area contributed by atoms with E-state index in [4.69, 9.17) is 10.5 Å². The van der Waals surface area contributed by atoms with Crippen molar-refractivity contribution in [3.8, 4) is 5.75 Å². The molecule has 0 bridgehead atoms. The standard InChI is InChI=1S/C17H13BrFNO/c18-14-4-1-12-8-16(6-3-11(12)7-14)21-10-13-2-5-15(19)9-17(13)20/h1-9H,10,20H2. The van der Waals surface area contributed by atoms with Gasteiger partial charge in [0.05, 0.1) is 0 Å². The van der Waals surface area contributed by atoms with Gasteiger partial charge >= 0.3 is 0 Å². The zero-order valence-electron chi connectivity index (χ0n) is 11.1. The largest absolute Gasteiger partial charge is 0.489 e. The molecule has 0 amide bonds. The van der Waals surface area contributed by atoms with Gasteiger partial charge in [-0.1, -0.05) is 34.1 Å². The smallest absolute Gasteiger partial charge is 0.125 e. The number of nitrogen functional groups attached to an aromatic ring is 1. The summed E-state index contributed by atoms with van der Waals surface area (Å²) < 4.78 is 19.8. The minimum Gasteiger partial charge on any atom is -0.489 e. The summed E-state index contributed by atoms with van der Waals surface area (Å²) >= 11 is 3.45. The number of hydrogen-bond donors (Lipinski definition) is 1. The number of anilines is 1. The van der Waals surface area contributed by atoms with Crippen LogP contribution in [-0.2, 0) is 6.61 Å². The van der Waals surface area contributed by atoms with Crippen molar-refractivity contribution < 1.29 is 9.13 Å². The molecule has 0 aromatic heterocycles. The molecule has 0 saturated heterocycles. The van der Waals surface area contributed by atoms with Gasteiger partial charge in [0.15, 0.2) is 0 Å². The molecule has 106 valence electrons. The minimum absolute atomic E-state index is 0.314. The van der Waals surface area contributed by atoms with E-state index in [1.54, 1.807) is 6.07 Å². The fraction of sp³-hybridized carbons (Fsp3) is 0.0588.